The SMILES string of the molecule is CC1(C)OCC(CCN2CCNCC2)O1. The van der Waals surface area contributed by atoms with Crippen LogP contribution in [0.1, 0.15) is 20.3 Å². The molecule has 0 aromatic rings. The molecule has 0 radical (unpaired) electrons. The zero-order chi connectivity index (χ0) is 10.7. The molecular weight excluding hydrogens is 192 g/mol. The lowest BCUT2D eigenvalue weighted by atomic mass is 10.2. The first-order valence-electron chi connectivity index (χ1n) is 5.90. The Morgan fingerprint density at radius 2 is 2.07 bits per heavy atom. The zero-order valence-corrected chi connectivity index (χ0v) is 9.79. The summed E-state index contributed by atoms with van der Waals surface area (Å²) in [4.78, 5) is 2.49. The highest BCUT2D eigenvalue weighted by Crippen LogP contribution is 2.24. The summed E-state index contributed by atoms with van der Waals surface area (Å²) in [5.41, 5.74) is 0. The summed E-state index contributed by atoms with van der Waals surface area (Å²) in [6.07, 6.45) is 1.37. The molecule has 0 bridgehead atoms. The molecule has 2 aliphatic heterocycles. The molecule has 1 atom stereocenters. The van der Waals surface area contributed by atoms with Gasteiger partial charge in [-0.05, 0) is 20.3 Å². The quantitative estimate of drug-likeness (QED) is 0.739. The third kappa shape index (κ3) is 3.41. The van der Waals surface area contributed by atoms with E-state index in [0.717, 1.165) is 45.8 Å². The molecule has 2 saturated heterocycles. The summed E-state index contributed by atoms with van der Waals surface area (Å²) < 4.78 is 11.3. The molecule has 1 N–H and O–H groups in total. The molecule has 0 spiro atoms. The van der Waals surface area contributed by atoms with Crippen molar-refractivity contribution in [3.8, 4) is 0 Å². The molecule has 0 saturated carbocycles. The fourth-order valence-corrected chi connectivity index (χ4v) is 2.17. The van der Waals surface area contributed by atoms with E-state index in [1.165, 1.54) is 0 Å². The van der Waals surface area contributed by atoms with Gasteiger partial charge in [-0.2, -0.15) is 0 Å². The van der Waals surface area contributed by atoms with Crippen molar-refractivity contribution in [2.45, 2.75) is 32.2 Å². The normalized spacial score (nSPS) is 32.0. The first-order valence-corrected chi connectivity index (χ1v) is 5.90. The number of rotatable bonds is 3. The van der Waals surface area contributed by atoms with Gasteiger partial charge in [0.1, 0.15) is 0 Å². The van der Waals surface area contributed by atoms with Gasteiger partial charge in [-0.1, -0.05) is 0 Å². The van der Waals surface area contributed by atoms with E-state index in [2.05, 4.69) is 10.2 Å². The first-order chi connectivity index (χ1) is 7.16. The molecule has 88 valence electrons. The van der Waals surface area contributed by atoms with Crippen LogP contribution in [0.5, 0.6) is 0 Å². The Morgan fingerprint density at radius 3 is 2.67 bits per heavy atom. The third-order valence-electron chi connectivity index (χ3n) is 3.04. The van der Waals surface area contributed by atoms with Crippen LogP contribution in [0.3, 0.4) is 0 Å². The van der Waals surface area contributed by atoms with Crippen molar-refractivity contribution >= 4 is 0 Å². The molecule has 4 nitrogen and oxygen atoms in total. The number of hydrogen-bond acceptors (Lipinski definition) is 4. The van der Waals surface area contributed by atoms with Crippen molar-refractivity contribution in [3.05, 3.63) is 0 Å². The molecule has 4 heteroatoms. The summed E-state index contributed by atoms with van der Waals surface area (Å²) >= 11 is 0. The van der Waals surface area contributed by atoms with Crippen LogP contribution in [0.2, 0.25) is 0 Å². The molecule has 2 heterocycles. The standard InChI is InChI=1S/C11H22N2O2/c1-11(2)14-9-10(15-11)3-6-13-7-4-12-5-8-13/h10,12H,3-9H2,1-2H3. The highest BCUT2D eigenvalue weighted by atomic mass is 16.7. The summed E-state index contributed by atoms with van der Waals surface area (Å²) in [5, 5.41) is 3.36. The van der Waals surface area contributed by atoms with Crippen LogP contribution < -0.4 is 5.32 Å². The Balaban J connectivity index is 1.65. The molecule has 0 aliphatic carbocycles. The largest absolute Gasteiger partial charge is 0.348 e. The van der Waals surface area contributed by atoms with E-state index in [1.54, 1.807) is 0 Å². The predicted octanol–water partition coefficient (Wildman–Crippen LogP) is 0.433. The van der Waals surface area contributed by atoms with E-state index in [9.17, 15) is 0 Å². The number of ether oxygens (including phenoxy) is 2. The minimum atomic E-state index is -0.367. The fourth-order valence-electron chi connectivity index (χ4n) is 2.17. The fraction of sp³-hybridized carbons (Fsp3) is 1.00. The Morgan fingerprint density at radius 1 is 1.33 bits per heavy atom. The van der Waals surface area contributed by atoms with Gasteiger partial charge in [0, 0.05) is 32.7 Å². The second-order valence-electron chi connectivity index (χ2n) is 4.83. The predicted molar refractivity (Wildman–Crippen MR) is 58.8 cm³/mol. The number of piperazine rings is 1. The monoisotopic (exact) mass is 214 g/mol. The summed E-state index contributed by atoms with van der Waals surface area (Å²) in [5.74, 6) is -0.367. The highest BCUT2D eigenvalue weighted by Gasteiger charge is 2.32. The lowest BCUT2D eigenvalue weighted by molar-refractivity contribution is -0.139. The maximum atomic E-state index is 5.78. The van der Waals surface area contributed by atoms with E-state index < -0.39 is 0 Å². The second kappa shape index (κ2) is 4.78. The van der Waals surface area contributed by atoms with Crippen molar-refractivity contribution in [3.63, 3.8) is 0 Å². The molecule has 0 amide bonds. The smallest absolute Gasteiger partial charge is 0.163 e. The maximum Gasteiger partial charge on any atom is 0.163 e. The molecule has 2 aliphatic rings. The minimum Gasteiger partial charge on any atom is -0.348 e. The van der Waals surface area contributed by atoms with Crippen molar-refractivity contribution in [2.24, 2.45) is 0 Å². The zero-order valence-electron chi connectivity index (χ0n) is 9.79. The third-order valence-corrected chi connectivity index (χ3v) is 3.04. The van der Waals surface area contributed by atoms with Gasteiger partial charge in [0.15, 0.2) is 5.79 Å². The Hall–Kier alpha value is -0.160. The lowest BCUT2D eigenvalue weighted by Gasteiger charge is -2.28. The van der Waals surface area contributed by atoms with Crippen LogP contribution in [0.4, 0.5) is 0 Å². The molecule has 15 heavy (non-hydrogen) atoms. The Labute approximate surface area is 91.9 Å². The number of hydrogen-bond donors (Lipinski definition) is 1. The molecule has 2 rings (SSSR count). The van der Waals surface area contributed by atoms with E-state index in [0.29, 0.717) is 0 Å². The van der Waals surface area contributed by atoms with Crippen LogP contribution in [0.15, 0.2) is 0 Å². The molecule has 2 fully saturated rings. The summed E-state index contributed by atoms with van der Waals surface area (Å²) in [6.45, 7) is 10.4. The Bertz CT molecular complexity index is 203. The number of nitrogens with zero attached hydrogens (tertiary/aromatic N) is 1. The minimum absolute atomic E-state index is 0.287. The second-order valence-corrected chi connectivity index (χ2v) is 4.83. The van der Waals surface area contributed by atoms with Crippen LogP contribution >= 0.6 is 0 Å². The molecule has 0 aromatic carbocycles. The van der Waals surface area contributed by atoms with E-state index in [1.807, 2.05) is 13.8 Å². The van der Waals surface area contributed by atoms with E-state index >= 15 is 0 Å². The van der Waals surface area contributed by atoms with Crippen molar-refractivity contribution in [1.29, 1.82) is 0 Å². The van der Waals surface area contributed by atoms with E-state index in [4.69, 9.17) is 9.47 Å². The van der Waals surface area contributed by atoms with Crippen LogP contribution in [0.25, 0.3) is 0 Å². The van der Waals surface area contributed by atoms with Gasteiger partial charge in [0.2, 0.25) is 0 Å². The average molecular weight is 214 g/mol. The summed E-state index contributed by atoms with van der Waals surface area (Å²) in [6, 6.07) is 0. The Kier molecular flexibility index (Phi) is 3.61. The van der Waals surface area contributed by atoms with Gasteiger partial charge in [0.25, 0.3) is 0 Å². The van der Waals surface area contributed by atoms with Crippen LogP contribution in [-0.4, -0.2) is 56.1 Å². The highest BCUT2D eigenvalue weighted by molar-refractivity contribution is 4.74. The van der Waals surface area contributed by atoms with Crippen LogP contribution in [-0.2, 0) is 9.47 Å². The van der Waals surface area contributed by atoms with Crippen LogP contribution in [0, 0.1) is 0 Å². The van der Waals surface area contributed by atoms with Gasteiger partial charge in [-0.3, -0.25) is 0 Å². The maximum absolute atomic E-state index is 5.78. The average Bonchev–Trinajstić information content (AvgIpc) is 2.57. The first kappa shape index (κ1) is 11.3. The summed E-state index contributed by atoms with van der Waals surface area (Å²) in [7, 11) is 0. The van der Waals surface area contributed by atoms with Gasteiger partial charge >= 0.3 is 0 Å². The van der Waals surface area contributed by atoms with Gasteiger partial charge in [-0.25, -0.2) is 0 Å². The van der Waals surface area contributed by atoms with E-state index in [-0.39, 0.29) is 11.9 Å². The van der Waals surface area contributed by atoms with Crippen molar-refractivity contribution in [1.82, 2.24) is 10.2 Å². The molecular formula is C11H22N2O2. The number of nitrogens with one attached hydrogen (secondary N) is 1. The van der Waals surface area contributed by atoms with Gasteiger partial charge in [0.05, 0.1) is 12.7 Å². The topological polar surface area (TPSA) is 33.7 Å². The molecule has 0 aromatic heterocycles. The van der Waals surface area contributed by atoms with Crippen molar-refractivity contribution < 1.29 is 9.47 Å². The van der Waals surface area contributed by atoms with Gasteiger partial charge < -0.3 is 19.7 Å². The lowest BCUT2D eigenvalue weighted by Crippen LogP contribution is -2.44. The van der Waals surface area contributed by atoms with Crippen molar-refractivity contribution in [2.75, 3.05) is 39.3 Å². The van der Waals surface area contributed by atoms with Gasteiger partial charge in [-0.15, -0.1) is 0 Å². The molecule has 1 unspecified atom stereocenters.